The van der Waals surface area contributed by atoms with Crippen LogP contribution in [-0.2, 0) is 0 Å². The quantitative estimate of drug-likeness (QED) is 0.661. The number of carbonyl (C=O) groups excluding carboxylic acids is 1. The van der Waals surface area contributed by atoms with Gasteiger partial charge in [0, 0.05) is 5.56 Å². The zero-order chi connectivity index (χ0) is 15.4. The highest BCUT2D eigenvalue weighted by molar-refractivity contribution is 6.09. The molecule has 0 saturated heterocycles. The molecule has 5 nitrogen and oxygen atoms in total. The Morgan fingerprint density at radius 2 is 1.71 bits per heavy atom. The number of hydrogen-bond acceptors (Lipinski definition) is 4. The average molecular weight is 283 g/mol. The molecule has 2 aromatic carbocycles. The molecule has 0 aromatic heterocycles. The number of allylic oxidation sites excluding steroid dienone is 1. The third kappa shape index (κ3) is 3.48. The average Bonchev–Trinajstić information content (AvgIpc) is 2.46. The molecule has 2 aromatic rings. The Morgan fingerprint density at radius 1 is 1.05 bits per heavy atom. The second-order valence-corrected chi connectivity index (χ2v) is 4.31. The topological polar surface area (TPSA) is 97.7 Å². The van der Waals surface area contributed by atoms with E-state index in [1.165, 1.54) is 24.3 Å². The molecule has 0 bridgehead atoms. The summed E-state index contributed by atoms with van der Waals surface area (Å²) in [5.74, 6) is -2.20. The molecule has 0 spiro atoms. The van der Waals surface area contributed by atoms with Gasteiger partial charge < -0.3 is 15.3 Å². The molecule has 2 N–H and O–H groups in total. The van der Waals surface area contributed by atoms with Crippen LogP contribution in [0.5, 0.6) is 11.5 Å². The molecule has 0 aliphatic carbocycles. The molecule has 0 radical (unpaired) electrons. The molecule has 0 saturated carbocycles. The van der Waals surface area contributed by atoms with Crippen molar-refractivity contribution >= 4 is 17.8 Å². The zero-order valence-electron chi connectivity index (χ0n) is 10.8. The smallest absolute Gasteiger partial charge is 0.335 e. The van der Waals surface area contributed by atoms with Crippen molar-refractivity contribution in [1.29, 1.82) is 0 Å². The maximum absolute atomic E-state index is 12.0. The first-order chi connectivity index (χ1) is 9.97. The Kier molecular flexibility index (Phi) is 4.04. The van der Waals surface area contributed by atoms with Gasteiger partial charge in [-0.15, -0.1) is 0 Å². The van der Waals surface area contributed by atoms with Crippen LogP contribution in [-0.4, -0.2) is 22.0 Å². The van der Waals surface area contributed by atoms with Crippen molar-refractivity contribution < 1.29 is 24.9 Å². The molecule has 0 fully saturated rings. The van der Waals surface area contributed by atoms with E-state index in [4.69, 9.17) is 10.2 Å². The Hall–Kier alpha value is -3.08. The first kappa shape index (κ1) is 14.3. The van der Waals surface area contributed by atoms with E-state index in [2.05, 4.69) is 0 Å². The van der Waals surface area contributed by atoms with Gasteiger partial charge in [-0.05, 0) is 35.9 Å². The van der Waals surface area contributed by atoms with Crippen LogP contribution in [0.1, 0.15) is 26.3 Å². The summed E-state index contributed by atoms with van der Waals surface area (Å²) in [6.07, 6.45) is 2.67. The number of ketones is 1. The van der Waals surface area contributed by atoms with E-state index in [1.54, 1.807) is 12.1 Å². The van der Waals surface area contributed by atoms with Crippen LogP contribution in [0.4, 0.5) is 0 Å². The summed E-state index contributed by atoms with van der Waals surface area (Å²) in [5, 5.41) is 29.6. The van der Waals surface area contributed by atoms with Crippen molar-refractivity contribution in [2.75, 3.05) is 0 Å². The molecule has 21 heavy (non-hydrogen) atoms. The van der Waals surface area contributed by atoms with Gasteiger partial charge in [-0.25, -0.2) is 4.79 Å². The van der Waals surface area contributed by atoms with E-state index in [0.717, 1.165) is 18.2 Å². The molecule has 0 aliphatic heterocycles. The number of phenolic OH excluding ortho intramolecular Hbond substituents is 1. The van der Waals surface area contributed by atoms with E-state index < -0.39 is 17.5 Å². The molecular weight excluding hydrogens is 272 g/mol. The number of carboxylic acids is 1. The van der Waals surface area contributed by atoms with Crippen molar-refractivity contribution in [2.24, 2.45) is 0 Å². The van der Waals surface area contributed by atoms with E-state index in [-0.39, 0.29) is 16.9 Å². The normalized spacial score (nSPS) is 10.7. The van der Waals surface area contributed by atoms with E-state index >= 15 is 0 Å². The largest absolute Gasteiger partial charge is 0.872 e. The molecule has 5 heteroatoms. The lowest BCUT2D eigenvalue weighted by molar-refractivity contribution is -0.268. The van der Waals surface area contributed by atoms with Crippen molar-refractivity contribution in [3.8, 4) is 11.5 Å². The summed E-state index contributed by atoms with van der Waals surface area (Å²) < 4.78 is 0. The van der Waals surface area contributed by atoms with Crippen molar-refractivity contribution in [1.82, 2.24) is 0 Å². The first-order valence-electron chi connectivity index (χ1n) is 6.03. The molecule has 0 atom stereocenters. The van der Waals surface area contributed by atoms with Crippen LogP contribution in [0.3, 0.4) is 0 Å². The fourth-order valence-corrected chi connectivity index (χ4v) is 1.70. The van der Waals surface area contributed by atoms with E-state index in [0.29, 0.717) is 5.56 Å². The molecule has 106 valence electrons. The number of aromatic hydroxyl groups is 1. The highest BCUT2D eigenvalue weighted by atomic mass is 16.4. The number of carbonyl (C=O) groups is 2. The number of carboxylic acid groups (broad SMARTS) is 1. The summed E-state index contributed by atoms with van der Waals surface area (Å²) in [7, 11) is 0. The monoisotopic (exact) mass is 283 g/mol. The fraction of sp³-hybridized carbons (Fsp3) is 0. The minimum absolute atomic E-state index is 0.106. The minimum Gasteiger partial charge on any atom is -0.872 e. The lowest BCUT2D eigenvalue weighted by Crippen LogP contribution is -2.06. The molecule has 0 heterocycles. The first-order valence-corrected chi connectivity index (χ1v) is 6.03. The van der Waals surface area contributed by atoms with Gasteiger partial charge in [-0.2, -0.15) is 0 Å². The Labute approximate surface area is 120 Å². The summed E-state index contributed by atoms with van der Waals surface area (Å²) in [5.41, 5.74) is 0.365. The summed E-state index contributed by atoms with van der Waals surface area (Å²) >= 11 is 0. The van der Waals surface area contributed by atoms with Gasteiger partial charge in [-0.3, -0.25) is 4.79 Å². The predicted octanol–water partition coefficient (Wildman–Crippen LogP) is 2.06. The Balaban J connectivity index is 2.25. The van der Waals surface area contributed by atoms with Gasteiger partial charge in [0.1, 0.15) is 5.75 Å². The van der Waals surface area contributed by atoms with Crippen LogP contribution in [0.15, 0.2) is 48.5 Å². The molecule has 0 aliphatic rings. The third-order valence-corrected chi connectivity index (χ3v) is 2.81. The number of phenols is 1. The molecule has 0 unspecified atom stereocenters. The number of benzene rings is 2. The highest BCUT2D eigenvalue weighted by Crippen LogP contribution is 2.18. The molecular formula is C16H11O5-. The second-order valence-electron chi connectivity index (χ2n) is 4.31. The van der Waals surface area contributed by atoms with Crippen LogP contribution in [0.25, 0.3) is 6.08 Å². The van der Waals surface area contributed by atoms with Crippen molar-refractivity contribution in [2.45, 2.75) is 0 Å². The van der Waals surface area contributed by atoms with Gasteiger partial charge in [0.05, 0.1) is 5.56 Å². The van der Waals surface area contributed by atoms with E-state index in [1.807, 2.05) is 0 Å². The number of aromatic carboxylic acids is 1. The maximum Gasteiger partial charge on any atom is 0.335 e. The SMILES string of the molecule is O=C(O)c1ccc([O-])c(C(=O)/C=C/c2ccc(O)cc2)c1. The van der Waals surface area contributed by atoms with Gasteiger partial charge in [0.15, 0.2) is 5.78 Å². The number of hydrogen-bond donors (Lipinski definition) is 2. The van der Waals surface area contributed by atoms with Crippen molar-refractivity contribution in [3.63, 3.8) is 0 Å². The fourth-order valence-electron chi connectivity index (χ4n) is 1.70. The third-order valence-electron chi connectivity index (χ3n) is 2.81. The summed E-state index contributed by atoms with van der Waals surface area (Å²) in [4.78, 5) is 22.8. The van der Waals surface area contributed by atoms with Gasteiger partial charge in [0.2, 0.25) is 0 Å². The zero-order valence-corrected chi connectivity index (χ0v) is 10.8. The van der Waals surface area contributed by atoms with Gasteiger partial charge in [0.25, 0.3) is 0 Å². The molecule has 2 rings (SSSR count). The van der Waals surface area contributed by atoms with E-state index in [9.17, 15) is 14.7 Å². The second kappa shape index (κ2) is 5.92. The van der Waals surface area contributed by atoms with Crippen LogP contribution in [0, 0.1) is 0 Å². The Bertz CT molecular complexity index is 714. The number of rotatable bonds is 4. The minimum atomic E-state index is -1.20. The summed E-state index contributed by atoms with van der Waals surface area (Å²) in [6.45, 7) is 0. The van der Waals surface area contributed by atoms with Crippen LogP contribution >= 0.6 is 0 Å². The highest BCUT2D eigenvalue weighted by Gasteiger charge is 2.08. The maximum atomic E-state index is 12.0. The predicted molar refractivity (Wildman–Crippen MR) is 74.3 cm³/mol. The van der Waals surface area contributed by atoms with Crippen molar-refractivity contribution in [3.05, 3.63) is 65.2 Å². The summed E-state index contributed by atoms with van der Waals surface area (Å²) in [6, 6.07) is 9.42. The van der Waals surface area contributed by atoms with Crippen LogP contribution < -0.4 is 5.11 Å². The lowest BCUT2D eigenvalue weighted by atomic mass is 10.0. The Morgan fingerprint density at radius 3 is 2.33 bits per heavy atom. The van der Waals surface area contributed by atoms with Gasteiger partial charge in [-0.1, -0.05) is 30.0 Å². The molecule has 0 amide bonds. The standard InChI is InChI=1S/C16H12O5/c17-12-5-1-10(2-6-12)3-7-14(18)13-9-11(16(20)21)4-8-15(13)19/h1-9,17,19H,(H,20,21)/p-1/b7-3+. The lowest BCUT2D eigenvalue weighted by Gasteiger charge is -2.11. The van der Waals surface area contributed by atoms with Crippen LogP contribution in [0.2, 0.25) is 0 Å². The van der Waals surface area contributed by atoms with Gasteiger partial charge >= 0.3 is 5.97 Å².